The lowest BCUT2D eigenvalue weighted by Crippen LogP contribution is -2.45. The summed E-state index contributed by atoms with van der Waals surface area (Å²) in [6.45, 7) is 1.40. The molecule has 2 unspecified atom stereocenters. The molecule has 3 heterocycles. The summed E-state index contributed by atoms with van der Waals surface area (Å²) < 4.78 is 11.9. The quantitative estimate of drug-likeness (QED) is 0.867. The number of benzene rings is 1. The summed E-state index contributed by atoms with van der Waals surface area (Å²) in [5.41, 5.74) is 1.51. The molecule has 6 nitrogen and oxygen atoms in total. The number of ether oxygens (including phenoxy) is 2. The molecule has 1 saturated carbocycles. The van der Waals surface area contributed by atoms with Crippen LogP contribution in [0.3, 0.4) is 0 Å². The highest BCUT2D eigenvalue weighted by Gasteiger charge is 2.47. The van der Waals surface area contributed by atoms with E-state index in [1.807, 2.05) is 24.3 Å². The summed E-state index contributed by atoms with van der Waals surface area (Å²) in [7, 11) is 0. The number of nitrogens with zero attached hydrogens (tertiary/aromatic N) is 2. The van der Waals surface area contributed by atoms with Crippen molar-refractivity contribution in [2.45, 2.75) is 62.9 Å². The van der Waals surface area contributed by atoms with Crippen molar-refractivity contribution in [3.63, 3.8) is 0 Å². The van der Waals surface area contributed by atoms with Crippen molar-refractivity contribution in [2.75, 3.05) is 13.1 Å². The number of carbonyl (C=O) groups excluding carboxylic acids is 1. The van der Waals surface area contributed by atoms with Crippen LogP contribution in [0.4, 0.5) is 0 Å². The van der Waals surface area contributed by atoms with Gasteiger partial charge in [0.1, 0.15) is 5.60 Å². The van der Waals surface area contributed by atoms with Crippen LogP contribution in [-0.4, -0.2) is 41.1 Å². The number of amidine groups is 1. The van der Waals surface area contributed by atoms with E-state index in [9.17, 15) is 9.90 Å². The van der Waals surface area contributed by atoms with Crippen molar-refractivity contribution in [2.24, 2.45) is 10.9 Å². The number of rotatable bonds is 2. The SMILES string of the molecule is O=C1N=C(N2CCC3(CC2)OC(O)c2ccccc23)OC1CC1CCCC1. The lowest BCUT2D eigenvalue weighted by Gasteiger charge is -2.39. The number of carbonyl (C=O) groups is 1. The Morgan fingerprint density at radius 2 is 1.93 bits per heavy atom. The lowest BCUT2D eigenvalue weighted by atomic mass is 9.84. The standard InChI is InChI=1S/C21H26N2O4/c24-18-17(13-14-5-1-2-6-14)26-20(22-18)23-11-9-21(10-12-23)16-8-4-3-7-15(16)19(25)27-21/h3-4,7-8,14,17,19,25H,1-2,5-6,9-13H2. The topological polar surface area (TPSA) is 71.4 Å². The Bertz CT molecular complexity index is 763. The van der Waals surface area contributed by atoms with Crippen LogP contribution in [-0.2, 0) is 19.9 Å². The number of aliphatic hydroxyl groups excluding tert-OH is 1. The minimum atomic E-state index is -0.856. The number of hydrogen-bond acceptors (Lipinski definition) is 5. The molecule has 0 aromatic heterocycles. The van der Waals surface area contributed by atoms with Gasteiger partial charge in [-0.05, 0) is 30.7 Å². The van der Waals surface area contributed by atoms with Gasteiger partial charge in [0.15, 0.2) is 12.4 Å². The van der Waals surface area contributed by atoms with E-state index in [1.54, 1.807) is 0 Å². The van der Waals surface area contributed by atoms with Gasteiger partial charge in [-0.25, -0.2) is 0 Å². The average Bonchev–Trinajstić information content (AvgIpc) is 3.38. The van der Waals surface area contributed by atoms with Crippen molar-refractivity contribution in [1.29, 1.82) is 0 Å². The fourth-order valence-electron chi connectivity index (χ4n) is 5.13. The summed E-state index contributed by atoms with van der Waals surface area (Å²) in [5.74, 6) is 0.470. The van der Waals surface area contributed by atoms with Gasteiger partial charge in [-0.2, -0.15) is 4.99 Å². The molecular formula is C21H26N2O4. The van der Waals surface area contributed by atoms with E-state index in [2.05, 4.69) is 9.89 Å². The molecule has 2 fully saturated rings. The largest absolute Gasteiger partial charge is 0.451 e. The van der Waals surface area contributed by atoms with Crippen LogP contribution in [0.2, 0.25) is 0 Å². The van der Waals surface area contributed by atoms with E-state index in [-0.39, 0.29) is 5.91 Å². The van der Waals surface area contributed by atoms with Gasteiger partial charge >= 0.3 is 0 Å². The molecule has 3 aliphatic heterocycles. The molecule has 144 valence electrons. The lowest BCUT2D eigenvalue weighted by molar-refractivity contribution is -0.186. The molecule has 5 rings (SSSR count). The summed E-state index contributed by atoms with van der Waals surface area (Å²) in [6.07, 6.45) is 5.96. The smallest absolute Gasteiger partial charge is 0.296 e. The number of amides is 1. The zero-order valence-corrected chi connectivity index (χ0v) is 15.5. The molecule has 6 heteroatoms. The summed E-state index contributed by atoms with van der Waals surface area (Å²) >= 11 is 0. The Labute approximate surface area is 159 Å². The summed E-state index contributed by atoms with van der Waals surface area (Å²) in [5, 5.41) is 10.3. The maximum absolute atomic E-state index is 12.3. The molecule has 1 spiro atoms. The van der Waals surface area contributed by atoms with Gasteiger partial charge < -0.3 is 19.5 Å². The minimum absolute atomic E-state index is 0.130. The molecule has 1 aromatic carbocycles. The predicted molar refractivity (Wildman–Crippen MR) is 98.9 cm³/mol. The molecule has 1 aromatic rings. The maximum atomic E-state index is 12.3. The highest BCUT2D eigenvalue weighted by molar-refractivity contribution is 5.98. The van der Waals surface area contributed by atoms with Gasteiger partial charge in [0, 0.05) is 18.7 Å². The van der Waals surface area contributed by atoms with Crippen molar-refractivity contribution in [3.05, 3.63) is 35.4 Å². The van der Waals surface area contributed by atoms with E-state index in [0.717, 1.165) is 30.4 Å². The molecule has 1 aliphatic carbocycles. The number of fused-ring (bicyclic) bond motifs is 2. The molecule has 1 N–H and O–H groups in total. The molecule has 27 heavy (non-hydrogen) atoms. The number of hydrogen-bond donors (Lipinski definition) is 1. The van der Waals surface area contributed by atoms with Gasteiger partial charge in [-0.15, -0.1) is 0 Å². The van der Waals surface area contributed by atoms with Crippen LogP contribution in [0.5, 0.6) is 0 Å². The van der Waals surface area contributed by atoms with Gasteiger partial charge in [0.25, 0.3) is 11.9 Å². The fourth-order valence-corrected chi connectivity index (χ4v) is 5.13. The first-order valence-electron chi connectivity index (χ1n) is 10.1. The Kier molecular flexibility index (Phi) is 4.20. The van der Waals surface area contributed by atoms with Crippen LogP contribution >= 0.6 is 0 Å². The Morgan fingerprint density at radius 1 is 1.19 bits per heavy atom. The second-order valence-electron chi connectivity index (χ2n) is 8.26. The van der Waals surface area contributed by atoms with Crippen molar-refractivity contribution < 1.29 is 19.4 Å². The number of aliphatic imine (C=N–C) groups is 1. The number of piperidine rings is 1. The van der Waals surface area contributed by atoms with Crippen molar-refractivity contribution in [3.8, 4) is 0 Å². The first kappa shape index (κ1) is 17.2. The first-order chi connectivity index (χ1) is 13.1. The highest BCUT2D eigenvalue weighted by Crippen LogP contribution is 2.48. The van der Waals surface area contributed by atoms with E-state index in [4.69, 9.17) is 9.47 Å². The van der Waals surface area contributed by atoms with Crippen LogP contribution in [0.25, 0.3) is 0 Å². The van der Waals surface area contributed by atoms with E-state index >= 15 is 0 Å². The van der Waals surface area contributed by atoms with E-state index in [1.165, 1.54) is 25.7 Å². The van der Waals surface area contributed by atoms with Gasteiger partial charge in [0.2, 0.25) is 0 Å². The summed E-state index contributed by atoms with van der Waals surface area (Å²) in [4.78, 5) is 18.5. The first-order valence-corrected chi connectivity index (χ1v) is 10.1. The van der Waals surface area contributed by atoms with Crippen molar-refractivity contribution >= 4 is 11.9 Å². The van der Waals surface area contributed by atoms with Crippen molar-refractivity contribution in [1.82, 2.24) is 4.90 Å². The van der Waals surface area contributed by atoms with E-state index < -0.39 is 18.0 Å². The molecule has 1 saturated heterocycles. The molecule has 4 aliphatic rings. The fraction of sp³-hybridized carbons (Fsp3) is 0.619. The molecule has 0 radical (unpaired) electrons. The van der Waals surface area contributed by atoms with Gasteiger partial charge in [0.05, 0.1) is 0 Å². The average molecular weight is 370 g/mol. The van der Waals surface area contributed by atoms with Crippen LogP contribution in [0, 0.1) is 5.92 Å². The zero-order valence-electron chi connectivity index (χ0n) is 15.5. The summed E-state index contributed by atoms with van der Waals surface area (Å²) in [6, 6.07) is 8.37. The van der Waals surface area contributed by atoms with Gasteiger partial charge in [-0.1, -0.05) is 49.9 Å². The maximum Gasteiger partial charge on any atom is 0.296 e. The van der Waals surface area contributed by atoms with Gasteiger partial charge in [-0.3, -0.25) is 4.79 Å². The number of likely N-dealkylation sites (tertiary alicyclic amines) is 1. The van der Waals surface area contributed by atoms with Crippen LogP contribution in [0.1, 0.15) is 62.4 Å². The second kappa shape index (κ2) is 6.60. The molecule has 2 atom stereocenters. The Balaban J connectivity index is 1.24. The third kappa shape index (κ3) is 2.95. The highest BCUT2D eigenvalue weighted by atomic mass is 16.6. The third-order valence-electron chi connectivity index (χ3n) is 6.65. The monoisotopic (exact) mass is 370 g/mol. The Morgan fingerprint density at radius 3 is 2.70 bits per heavy atom. The molecule has 0 bridgehead atoms. The van der Waals surface area contributed by atoms with Crippen LogP contribution in [0.15, 0.2) is 29.3 Å². The third-order valence-corrected chi connectivity index (χ3v) is 6.65. The molecule has 1 amide bonds. The van der Waals surface area contributed by atoms with E-state index in [0.29, 0.717) is 25.0 Å². The molecular weight excluding hydrogens is 344 g/mol. The Hall–Kier alpha value is -1.92. The predicted octanol–water partition coefficient (Wildman–Crippen LogP) is 2.86. The zero-order chi connectivity index (χ0) is 18.4. The number of aliphatic hydroxyl groups is 1. The normalized spacial score (nSPS) is 29.9. The minimum Gasteiger partial charge on any atom is -0.451 e. The second-order valence-corrected chi connectivity index (χ2v) is 8.26. The van der Waals surface area contributed by atoms with Crippen LogP contribution < -0.4 is 0 Å².